The van der Waals surface area contributed by atoms with E-state index in [-0.39, 0.29) is 44.2 Å². The number of hydrogen-bond acceptors (Lipinski definition) is 13. The first kappa shape index (κ1) is 43.5. The zero-order valence-electron chi connectivity index (χ0n) is 33.0. The van der Waals surface area contributed by atoms with Crippen LogP contribution in [0.5, 0.6) is 0 Å². The molecular weight excluding hydrogens is 789 g/mol. The van der Waals surface area contributed by atoms with Crippen LogP contribution >= 0.6 is 0 Å². The number of aliphatic hydroxyl groups is 5. The summed E-state index contributed by atoms with van der Waals surface area (Å²) < 4.78 is 30.9. The summed E-state index contributed by atoms with van der Waals surface area (Å²) in [5.74, 6) is -2.90. The fourth-order valence-electron chi connectivity index (χ4n) is 7.54. The highest BCUT2D eigenvalue weighted by Gasteiger charge is 2.55. The lowest BCUT2D eigenvalue weighted by Crippen LogP contribution is -2.59. The van der Waals surface area contributed by atoms with E-state index in [1.54, 1.807) is 66.8 Å². The van der Waals surface area contributed by atoms with Crippen molar-refractivity contribution in [2.75, 3.05) is 26.4 Å². The summed E-state index contributed by atoms with van der Waals surface area (Å²) in [6.45, 7) is -0.729. The lowest BCUT2D eigenvalue weighted by atomic mass is 9.91. The van der Waals surface area contributed by atoms with E-state index in [0.717, 1.165) is 0 Å². The van der Waals surface area contributed by atoms with Crippen LogP contribution in [-0.4, -0.2) is 119 Å². The Bertz CT molecular complexity index is 2160. The molecule has 2 fully saturated rings. The second-order valence-corrected chi connectivity index (χ2v) is 14.7. The molecule has 15 heteroatoms. The SMILES string of the molecule is O=C(NCc1cccc(C(=O)NCCO)c1)C1=CC2OC(c3ccccc3)(c3ccccc3)OC2C(OC(=O)c2ccccc2C=CCOC2OC(CO)C(O)C(O)C2O)C1. The average molecular weight is 837 g/mol. The van der Waals surface area contributed by atoms with Crippen molar-refractivity contribution in [1.82, 2.24) is 10.6 Å². The number of aliphatic hydroxyl groups excluding tert-OH is 5. The fraction of sp³-hybridized carbons (Fsp3) is 0.326. The standard InChI is InChI=1S/C46H48N2O13/c49-21-20-47-42(54)30-13-9-11-28(23-30)26-48-43(55)31-24-35(41-36(25-31)60-46(61-41,32-15-3-1-4-16-32)33-17-5-2-6-18-33)58-44(56)34-19-8-7-12-29(34)14-10-22-57-45-40(53)39(52)38(51)37(27-50)59-45/h1-19,23,25,35-41,45,49-53H,20-22,24,26-27H2,(H,47,54)(H,48,55). The molecule has 7 N–H and O–H groups in total. The largest absolute Gasteiger partial charge is 0.456 e. The molecular formula is C46H48N2O13. The lowest BCUT2D eigenvalue weighted by molar-refractivity contribution is -0.298. The van der Waals surface area contributed by atoms with Gasteiger partial charge < -0.3 is 59.9 Å². The van der Waals surface area contributed by atoms with Gasteiger partial charge in [0, 0.05) is 41.8 Å². The van der Waals surface area contributed by atoms with E-state index in [0.29, 0.717) is 33.4 Å². The normalized spacial score (nSPS) is 25.6. The third-order valence-corrected chi connectivity index (χ3v) is 10.7. The molecule has 0 bridgehead atoms. The molecule has 7 rings (SSSR count). The van der Waals surface area contributed by atoms with Gasteiger partial charge in [0.2, 0.25) is 11.7 Å². The second-order valence-electron chi connectivity index (χ2n) is 14.7. The number of ether oxygens (including phenoxy) is 5. The maximum Gasteiger partial charge on any atom is 0.339 e. The third-order valence-electron chi connectivity index (χ3n) is 10.7. The molecule has 0 radical (unpaired) electrons. The highest BCUT2D eigenvalue weighted by atomic mass is 16.8. The molecule has 2 aliphatic heterocycles. The van der Waals surface area contributed by atoms with Gasteiger partial charge in [-0.05, 0) is 35.4 Å². The van der Waals surface area contributed by atoms with Gasteiger partial charge in [0.1, 0.15) is 42.7 Å². The Hall–Kier alpha value is -5.59. The molecule has 320 valence electrons. The van der Waals surface area contributed by atoms with Crippen molar-refractivity contribution in [3.05, 3.63) is 160 Å². The van der Waals surface area contributed by atoms with Gasteiger partial charge in [0.15, 0.2) is 6.29 Å². The van der Waals surface area contributed by atoms with Crippen LogP contribution in [0.4, 0.5) is 0 Å². The Kier molecular flexibility index (Phi) is 14.2. The van der Waals surface area contributed by atoms with E-state index in [1.165, 1.54) is 0 Å². The molecule has 1 aliphatic carbocycles. The number of carbonyl (C=O) groups is 3. The minimum Gasteiger partial charge on any atom is -0.456 e. The number of fused-ring (bicyclic) bond motifs is 1. The van der Waals surface area contributed by atoms with Gasteiger partial charge in [-0.1, -0.05) is 103 Å². The van der Waals surface area contributed by atoms with Gasteiger partial charge in [-0.2, -0.15) is 0 Å². The van der Waals surface area contributed by atoms with Gasteiger partial charge in [0.05, 0.1) is 25.4 Å². The monoisotopic (exact) mass is 836 g/mol. The van der Waals surface area contributed by atoms with Crippen LogP contribution in [0.3, 0.4) is 0 Å². The number of hydrogen-bond donors (Lipinski definition) is 7. The first-order valence-electron chi connectivity index (χ1n) is 19.9. The fourth-order valence-corrected chi connectivity index (χ4v) is 7.54. The molecule has 2 amide bonds. The summed E-state index contributed by atoms with van der Waals surface area (Å²) >= 11 is 0. The maximum atomic E-state index is 14.1. The summed E-state index contributed by atoms with van der Waals surface area (Å²) in [7, 11) is 0. The van der Waals surface area contributed by atoms with E-state index in [4.69, 9.17) is 28.8 Å². The Morgan fingerprint density at radius 1 is 0.787 bits per heavy atom. The molecule has 8 unspecified atom stereocenters. The Morgan fingerprint density at radius 3 is 2.20 bits per heavy atom. The molecule has 8 atom stereocenters. The van der Waals surface area contributed by atoms with Gasteiger partial charge in [0.25, 0.3) is 5.91 Å². The molecule has 4 aromatic carbocycles. The lowest BCUT2D eigenvalue weighted by Gasteiger charge is -2.39. The first-order chi connectivity index (χ1) is 29.6. The number of esters is 1. The molecule has 2 heterocycles. The molecule has 61 heavy (non-hydrogen) atoms. The van der Waals surface area contributed by atoms with Crippen molar-refractivity contribution < 1.29 is 63.6 Å². The average Bonchev–Trinajstić information content (AvgIpc) is 3.71. The van der Waals surface area contributed by atoms with Crippen molar-refractivity contribution in [3.8, 4) is 0 Å². The maximum absolute atomic E-state index is 14.1. The molecule has 0 aromatic heterocycles. The summed E-state index contributed by atoms with van der Waals surface area (Å²) in [5, 5.41) is 54.6. The highest BCUT2D eigenvalue weighted by molar-refractivity contribution is 5.96. The molecule has 2 saturated heterocycles. The Labute approximate surface area is 351 Å². The predicted molar refractivity (Wildman–Crippen MR) is 218 cm³/mol. The van der Waals surface area contributed by atoms with Crippen molar-refractivity contribution in [1.29, 1.82) is 0 Å². The van der Waals surface area contributed by atoms with E-state index in [2.05, 4.69) is 10.6 Å². The van der Waals surface area contributed by atoms with E-state index < -0.39 is 73.3 Å². The van der Waals surface area contributed by atoms with Crippen LogP contribution in [-0.2, 0) is 40.8 Å². The smallest absolute Gasteiger partial charge is 0.339 e. The van der Waals surface area contributed by atoms with Crippen LogP contribution in [0, 0.1) is 0 Å². The van der Waals surface area contributed by atoms with E-state index >= 15 is 0 Å². The minimum absolute atomic E-state index is 0.0176. The van der Waals surface area contributed by atoms with Crippen molar-refractivity contribution in [2.24, 2.45) is 0 Å². The minimum atomic E-state index is -1.59. The molecule has 3 aliphatic rings. The predicted octanol–water partition coefficient (Wildman–Crippen LogP) is 2.10. The molecule has 4 aromatic rings. The van der Waals surface area contributed by atoms with Crippen LogP contribution in [0.15, 0.2) is 127 Å². The Balaban J connectivity index is 1.12. The third kappa shape index (κ3) is 9.81. The summed E-state index contributed by atoms with van der Waals surface area (Å²) in [4.78, 5) is 40.6. The van der Waals surface area contributed by atoms with Crippen molar-refractivity contribution >= 4 is 23.9 Å². The molecule has 0 saturated carbocycles. The summed E-state index contributed by atoms with van der Waals surface area (Å²) in [6.07, 6.45) is -4.96. The summed E-state index contributed by atoms with van der Waals surface area (Å²) in [6, 6.07) is 32.2. The number of amides is 2. The molecule has 15 nitrogen and oxygen atoms in total. The molecule has 0 spiro atoms. The number of carbonyl (C=O) groups excluding carboxylic acids is 3. The number of rotatable bonds is 15. The zero-order valence-corrected chi connectivity index (χ0v) is 33.0. The quantitative estimate of drug-likeness (QED) is 0.0854. The van der Waals surface area contributed by atoms with Crippen molar-refractivity contribution in [2.45, 2.75) is 67.8 Å². The van der Waals surface area contributed by atoms with Gasteiger partial charge in [-0.25, -0.2) is 4.79 Å². The first-order valence-corrected chi connectivity index (χ1v) is 19.9. The van der Waals surface area contributed by atoms with Crippen LogP contribution in [0.1, 0.15) is 49.4 Å². The van der Waals surface area contributed by atoms with Crippen LogP contribution < -0.4 is 10.6 Å². The van der Waals surface area contributed by atoms with E-state index in [9.17, 15) is 34.8 Å². The summed E-state index contributed by atoms with van der Waals surface area (Å²) in [5.41, 5.74) is 3.40. The second kappa shape index (κ2) is 19.9. The van der Waals surface area contributed by atoms with Crippen LogP contribution in [0.2, 0.25) is 0 Å². The van der Waals surface area contributed by atoms with Gasteiger partial charge in [-0.3, -0.25) is 9.59 Å². The number of nitrogens with one attached hydrogen (secondary N) is 2. The topological polar surface area (TPSA) is 223 Å². The Morgan fingerprint density at radius 2 is 1.49 bits per heavy atom. The van der Waals surface area contributed by atoms with Gasteiger partial charge >= 0.3 is 5.97 Å². The van der Waals surface area contributed by atoms with Crippen molar-refractivity contribution in [3.63, 3.8) is 0 Å². The van der Waals surface area contributed by atoms with Gasteiger partial charge in [-0.15, -0.1) is 0 Å². The zero-order chi connectivity index (χ0) is 42.9. The highest BCUT2D eigenvalue weighted by Crippen LogP contribution is 2.47. The van der Waals surface area contributed by atoms with E-state index in [1.807, 2.05) is 60.7 Å². The number of benzene rings is 4. The van der Waals surface area contributed by atoms with Crippen LogP contribution in [0.25, 0.3) is 6.08 Å².